The van der Waals surface area contributed by atoms with Gasteiger partial charge in [-0.3, -0.25) is 30.6 Å². The van der Waals surface area contributed by atoms with Crippen LogP contribution in [0.25, 0.3) is 0 Å². The number of aryl methyl sites for hydroxylation is 1. The third-order valence-corrected chi connectivity index (χ3v) is 3.76. The Morgan fingerprint density at radius 2 is 1.74 bits per heavy atom. The topological polar surface area (TPSA) is 101 Å². The van der Waals surface area contributed by atoms with Crippen LogP contribution in [0.5, 0.6) is 0 Å². The van der Waals surface area contributed by atoms with Crippen molar-refractivity contribution in [3.8, 4) is 0 Å². The highest BCUT2D eigenvalue weighted by Gasteiger charge is 2.15. The predicted molar refractivity (Wildman–Crippen MR) is 86.9 cm³/mol. The fourth-order valence-electron chi connectivity index (χ4n) is 1.90. The minimum Gasteiger partial charge on any atom is -0.267 e. The van der Waals surface area contributed by atoms with Gasteiger partial charge in [-0.2, -0.15) is 0 Å². The lowest BCUT2D eigenvalue weighted by Crippen LogP contribution is -2.41. The summed E-state index contributed by atoms with van der Waals surface area (Å²) in [7, 11) is 0. The Balaban J connectivity index is 2.05. The minimum absolute atomic E-state index is 0.0706. The second-order valence-electron chi connectivity index (χ2n) is 4.65. The Morgan fingerprint density at radius 1 is 1.09 bits per heavy atom. The number of hydrazine groups is 1. The molecule has 0 heterocycles. The van der Waals surface area contributed by atoms with Crippen LogP contribution >= 0.6 is 15.9 Å². The first-order valence-electron chi connectivity index (χ1n) is 6.50. The van der Waals surface area contributed by atoms with E-state index in [1.165, 1.54) is 25.1 Å². The van der Waals surface area contributed by atoms with Crippen molar-refractivity contribution in [2.45, 2.75) is 6.92 Å². The molecule has 2 aromatic rings. The van der Waals surface area contributed by atoms with Crippen LogP contribution in [0.1, 0.15) is 26.3 Å². The number of rotatable bonds is 3. The molecule has 0 spiro atoms. The Bertz CT molecular complexity index is 792. The summed E-state index contributed by atoms with van der Waals surface area (Å²) in [5.74, 6) is -1.05. The molecule has 0 aliphatic carbocycles. The molecule has 2 N–H and O–H groups in total. The average molecular weight is 378 g/mol. The molecule has 23 heavy (non-hydrogen) atoms. The van der Waals surface area contributed by atoms with Gasteiger partial charge in [0, 0.05) is 21.7 Å². The van der Waals surface area contributed by atoms with E-state index in [2.05, 4.69) is 26.8 Å². The van der Waals surface area contributed by atoms with E-state index in [1.807, 2.05) is 0 Å². The molecule has 0 radical (unpaired) electrons. The van der Waals surface area contributed by atoms with Gasteiger partial charge in [-0.15, -0.1) is 0 Å². The average Bonchev–Trinajstić information content (AvgIpc) is 2.52. The van der Waals surface area contributed by atoms with Crippen molar-refractivity contribution in [1.29, 1.82) is 0 Å². The number of carbonyl (C=O) groups excluding carboxylic acids is 2. The van der Waals surface area contributed by atoms with Crippen molar-refractivity contribution in [2.24, 2.45) is 0 Å². The van der Waals surface area contributed by atoms with Gasteiger partial charge in [0.05, 0.1) is 10.5 Å². The molecule has 0 aromatic heterocycles. The van der Waals surface area contributed by atoms with Gasteiger partial charge < -0.3 is 0 Å². The molecule has 0 fully saturated rings. The lowest BCUT2D eigenvalue weighted by atomic mass is 10.1. The maximum Gasteiger partial charge on any atom is 0.272 e. The first-order valence-corrected chi connectivity index (χ1v) is 7.29. The van der Waals surface area contributed by atoms with Crippen molar-refractivity contribution >= 4 is 33.4 Å². The van der Waals surface area contributed by atoms with E-state index < -0.39 is 16.7 Å². The van der Waals surface area contributed by atoms with Crippen molar-refractivity contribution in [2.75, 3.05) is 0 Å². The fourth-order valence-corrected chi connectivity index (χ4v) is 2.36. The van der Waals surface area contributed by atoms with E-state index in [4.69, 9.17) is 0 Å². The molecule has 7 nitrogen and oxygen atoms in total. The molecule has 0 aliphatic heterocycles. The number of benzene rings is 2. The Hall–Kier alpha value is -2.74. The summed E-state index contributed by atoms with van der Waals surface area (Å²) in [6, 6.07) is 10.7. The van der Waals surface area contributed by atoms with E-state index in [1.54, 1.807) is 24.3 Å². The van der Waals surface area contributed by atoms with Crippen molar-refractivity contribution in [1.82, 2.24) is 10.9 Å². The number of amides is 2. The molecule has 0 aliphatic rings. The van der Waals surface area contributed by atoms with Crippen molar-refractivity contribution in [3.05, 3.63) is 73.7 Å². The van der Waals surface area contributed by atoms with Gasteiger partial charge >= 0.3 is 0 Å². The van der Waals surface area contributed by atoms with Crippen LogP contribution in [0.4, 0.5) is 5.69 Å². The highest BCUT2D eigenvalue weighted by molar-refractivity contribution is 9.10. The summed E-state index contributed by atoms with van der Waals surface area (Å²) >= 11 is 3.24. The molecule has 0 unspecified atom stereocenters. The van der Waals surface area contributed by atoms with Crippen LogP contribution in [0.2, 0.25) is 0 Å². The van der Waals surface area contributed by atoms with Crippen molar-refractivity contribution < 1.29 is 14.5 Å². The normalized spacial score (nSPS) is 10.0. The van der Waals surface area contributed by atoms with Gasteiger partial charge in [-0.1, -0.05) is 12.1 Å². The number of hydrogen-bond donors (Lipinski definition) is 2. The van der Waals surface area contributed by atoms with E-state index in [0.29, 0.717) is 15.6 Å². The predicted octanol–water partition coefficient (Wildman–Crippen LogP) is 2.74. The largest absolute Gasteiger partial charge is 0.272 e. The van der Waals surface area contributed by atoms with Gasteiger partial charge in [-0.25, -0.2) is 0 Å². The summed E-state index contributed by atoms with van der Waals surface area (Å²) in [6.07, 6.45) is 0. The minimum atomic E-state index is -0.566. The van der Waals surface area contributed by atoms with Gasteiger partial charge in [-0.05, 0) is 47.1 Å². The quantitative estimate of drug-likeness (QED) is 0.633. The summed E-state index contributed by atoms with van der Waals surface area (Å²) in [5.41, 5.74) is 5.43. The summed E-state index contributed by atoms with van der Waals surface area (Å²) in [4.78, 5) is 34.2. The van der Waals surface area contributed by atoms with Gasteiger partial charge in [0.2, 0.25) is 0 Å². The number of carbonyl (C=O) groups is 2. The molecule has 118 valence electrons. The number of nitro benzene ring substituents is 1. The maximum atomic E-state index is 12.0. The smallest absolute Gasteiger partial charge is 0.267 e. The third kappa shape index (κ3) is 3.92. The summed E-state index contributed by atoms with van der Waals surface area (Å²) in [6.45, 7) is 1.54. The zero-order valence-corrected chi connectivity index (χ0v) is 13.6. The Kier molecular flexibility index (Phi) is 5.07. The maximum absolute atomic E-state index is 12.0. The zero-order chi connectivity index (χ0) is 17.0. The van der Waals surface area contributed by atoms with E-state index in [9.17, 15) is 19.7 Å². The van der Waals surface area contributed by atoms with Crippen LogP contribution in [0.3, 0.4) is 0 Å². The number of hydrogen-bond acceptors (Lipinski definition) is 4. The lowest BCUT2D eigenvalue weighted by Gasteiger charge is -2.09. The molecule has 0 saturated heterocycles. The highest BCUT2D eigenvalue weighted by atomic mass is 79.9. The molecule has 2 amide bonds. The molecule has 0 saturated carbocycles. The van der Waals surface area contributed by atoms with Gasteiger partial charge in [0.15, 0.2) is 0 Å². The van der Waals surface area contributed by atoms with Crippen LogP contribution in [0, 0.1) is 17.0 Å². The summed E-state index contributed by atoms with van der Waals surface area (Å²) in [5, 5.41) is 10.8. The Morgan fingerprint density at radius 3 is 2.35 bits per heavy atom. The first kappa shape index (κ1) is 16.6. The molecule has 2 aromatic carbocycles. The van der Waals surface area contributed by atoms with E-state index in [0.717, 1.165) is 0 Å². The SMILES string of the molecule is Cc1cc(C(=O)NNC(=O)c2ccccc2Br)ccc1[N+](=O)[O-]. The second-order valence-corrected chi connectivity index (χ2v) is 5.50. The summed E-state index contributed by atoms with van der Waals surface area (Å²) < 4.78 is 0.595. The number of nitrogens with one attached hydrogen (secondary N) is 2. The zero-order valence-electron chi connectivity index (χ0n) is 12.0. The lowest BCUT2D eigenvalue weighted by molar-refractivity contribution is -0.385. The fraction of sp³-hybridized carbons (Fsp3) is 0.0667. The van der Waals surface area contributed by atoms with Gasteiger partial charge in [0.25, 0.3) is 17.5 Å². The van der Waals surface area contributed by atoms with Crippen molar-refractivity contribution in [3.63, 3.8) is 0 Å². The Labute approximate surface area is 139 Å². The van der Waals surface area contributed by atoms with E-state index in [-0.39, 0.29) is 11.3 Å². The number of halogens is 1. The number of nitrogens with zero attached hydrogens (tertiary/aromatic N) is 1. The molecule has 8 heteroatoms. The molecular weight excluding hydrogens is 366 g/mol. The van der Waals surface area contributed by atoms with Crippen LogP contribution < -0.4 is 10.9 Å². The van der Waals surface area contributed by atoms with Crippen LogP contribution in [-0.4, -0.2) is 16.7 Å². The van der Waals surface area contributed by atoms with Gasteiger partial charge in [0.1, 0.15) is 0 Å². The molecule has 0 atom stereocenters. The molecular formula is C15H12BrN3O4. The highest BCUT2D eigenvalue weighted by Crippen LogP contribution is 2.18. The molecule has 0 bridgehead atoms. The van der Waals surface area contributed by atoms with Crippen LogP contribution in [-0.2, 0) is 0 Å². The third-order valence-electron chi connectivity index (χ3n) is 3.06. The second kappa shape index (κ2) is 7.01. The standard InChI is InChI=1S/C15H12BrN3O4/c1-9-8-10(6-7-13(9)19(22)23)14(20)17-18-15(21)11-4-2-3-5-12(11)16/h2-8H,1H3,(H,17,20)(H,18,21). The van der Waals surface area contributed by atoms with E-state index >= 15 is 0 Å². The first-order chi connectivity index (χ1) is 10.9. The monoisotopic (exact) mass is 377 g/mol. The molecule has 2 rings (SSSR count). The van der Waals surface area contributed by atoms with Crippen LogP contribution in [0.15, 0.2) is 46.9 Å². The number of nitro groups is 1.